The Balaban J connectivity index is 1.80. The molecular weight excluding hydrogens is 394 g/mol. The lowest BCUT2D eigenvalue weighted by Gasteiger charge is -2.26. The molecule has 0 N–H and O–H groups in total. The molecule has 10 heteroatoms. The molecule has 0 fully saturated rings. The Morgan fingerprint density at radius 3 is 2.67 bits per heavy atom. The van der Waals surface area contributed by atoms with Crippen LogP contribution in [0.1, 0.15) is 17.5 Å². The molecule has 0 radical (unpaired) electrons. The second kappa shape index (κ2) is 5.95. The van der Waals surface area contributed by atoms with Crippen LogP contribution in [0.2, 0.25) is 0 Å². The smallest absolute Gasteiger partial charge is 0.417 e. The maximum atomic E-state index is 14.3. The third-order valence-corrected chi connectivity index (χ3v) is 5.23. The van der Waals surface area contributed by atoms with Crippen molar-refractivity contribution >= 4 is 18.5 Å². The van der Waals surface area contributed by atoms with Gasteiger partial charge in [0.2, 0.25) is 0 Å². The lowest BCUT2D eigenvalue weighted by atomic mass is 9.93. The van der Waals surface area contributed by atoms with Gasteiger partial charge in [-0.2, -0.15) is 22.0 Å². The first-order valence-electron chi connectivity index (χ1n) is 7.94. The van der Waals surface area contributed by atoms with Gasteiger partial charge in [0, 0.05) is 11.1 Å². The standard InChI is InChI=1S/C17H12F6N2OS/c18-13-9-3-4-16(10(9)1-2-12(13)27)7-25-6-8(17(21,22)23)5-11(14(25)24-16)26-15(19)20/h1-2,5-6,15,27H,3-4,7H2/t16-/m1/s1. The summed E-state index contributed by atoms with van der Waals surface area (Å²) in [6.45, 7) is -3.32. The van der Waals surface area contributed by atoms with Gasteiger partial charge in [0.05, 0.1) is 12.1 Å². The summed E-state index contributed by atoms with van der Waals surface area (Å²) in [4.78, 5) is 5.72. The quantitative estimate of drug-likeness (QED) is 0.576. The molecule has 0 bridgehead atoms. The number of ether oxygens (including phenoxy) is 1. The maximum absolute atomic E-state index is 14.3. The number of amidine groups is 1. The Labute approximate surface area is 155 Å². The topological polar surface area (TPSA) is 24.8 Å². The SMILES string of the molecule is Fc1c(S)ccc2c1CC[C@@]21CN2C=C(C(F)(F)F)C=C(OC(F)F)C2=N1. The van der Waals surface area contributed by atoms with Gasteiger partial charge in [-0.3, -0.25) is 4.99 Å². The van der Waals surface area contributed by atoms with Crippen LogP contribution in [-0.2, 0) is 16.7 Å². The fraction of sp³-hybridized carbons (Fsp3) is 0.353. The van der Waals surface area contributed by atoms with E-state index in [1.165, 1.54) is 6.07 Å². The Bertz CT molecular complexity index is 907. The molecule has 27 heavy (non-hydrogen) atoms. The van der Waals surface area contributed by atoms with E-state index in [2.05, 4.69) is 22.4 Å². The minimum atomic E-state index is -4.74. The van der Waals surface area contributed by atoms with E-state index >= 15 is 0 Å². The van der Waals surface area contributed by atoms with E-state index < -0.39 is 35.5 Å². The van der Waals surface area contributed by atoms with Crippen LogP contribution in [0, 0.1) is 5.82 Å². The van der Waals surface area contributed by atoms with Gasteiger partial charge in [-0.1, -0.05) is 6.07 Å². The van der Waals surface area contributed by atoms with Crippen molar-refractivity contribution in [2.24, 2.45) is 4.99 Å². The van der Waals surface area contributed by atoms with Crippen LogP contribution < -0.4 is 0 Å². The van der Waals surface area contributed by atoms with Crippen LogP contribution in [0.5, 0.6) is 0 Å². The van der Waals surface area contributed by atoms with Crippen LogP contribution >= 0.6 is 12.6 Å². The van der Waals surface area contributed by atoms with Crippen molar-refractivity contribution in [2.75, 3.05) is 6.54 Å². The molecule has 0 aromatic heterocycles. The lowest BCUT2D eigenvalue weighted by Crippen LogP contribution is -2.34. The zero-order valence-corrected chi connectivity index (χ0v) is 14.4. The fourth-order valence-electron chi connectivity index (χ4n) is 3.75. The van der Waals surface area contributed by atoms with Crippen LogP contribution in [0.3, 0.4) is 0 Å². The van der Waals surface area contributed by atoms with Gasteiger partial charge in [0.1, 0.15) is 11.4 Å². The predicted molar refractivity (Wildman–Crippen MR) is 87.1 cm³/mol. The highest BCUT2D eigenvalue weighted by atomic mass is 32.1. The van der Waals surface area contributed by atoms with E-state index in [-0.39, 0.29) is 17.3 Å². The molecule has 1 spiro atoms. The monoisotopic (exact) mass is 406 g/mol. The Hall–Kier alpha value is -2.10. The van der Waals surface area contributed by atoms with E-state index in [1.807, 2.05) is 0 Å². The van der Waals surface area contributed by atoms with Gasteiger partial charge >= 0.3 is 12.8 Å². The highest BCUT2D eigenvalue weighted by Crippen LogP contribution is 2.47. The van der Waals surface area contributed by atoms with Crippen molar-refractivity contribution in [1.82, 2.24) is 4.90 Å². The molecular formula is C17H12F6N2OS. The summed E-state index contributed by atoms with van der Waals surface area (Å²) < 4.78 is 83.5. The van der Waals surface area contributed by atoms with Crippen LogP contribution in [0.25, 0.3) is 0 Å². The molecule has 4 rings (SSSR count). The second-order valence-corrected chi connectivity index (χ2v) is 6.97. The summed E-state index contributed by atoms with van der Waals surface area (Å²) in [5.41, 5.74) is -1.22. The number of nitrogens with zero attached hydrogens (tertiary/aromatic N) is 2. The van der Waals surface area contributed by atoms with Crippen molar-refractivity contribution in [1.29, 1.82) is 0 Å². The molecule has 2 aliphatic heterocycles. The Morgan fingerprint density at radius 1 is 1.26 bits per heavy atom. The van der Waals surface area contributed by atoms with Crippen LogP contribution in [0.15, 0.2) is 45.6 Å². The lowest BCUT2D eigenvalue weighted by molar-refractivity contribution is -0.0981. The largest absolute Gasteiger partial charge is 0.431 e. The average molecular weight is 406 g/mol. The Kier molecular flexibility index (Phi) is 4.03. The maximum Gasteiger partial charge on any atom is 0.417 e. The van der Waals surface area contributed by atoms with Crippen molar-refractivity contribution in [3.8, 4) is 0 Å². The fourth-order valence-corrected chi connectivity index (χ4v) is 3.96. The van der Waals surface area contributed by atoms with Crippen molar-refractivity contribution in [3.05, 3.63) is 52.7 Å². The third-order valence-electron chi connectivity index (χ3n) is 4.88. The number of fused-ring (bicyclic) bond motifs is 3. The summed E-state index contributed by atoms with van der Waals surface area (Å²) in [5.74, 6) is -1.27. The summed E-state index contributed by atoms with van der Waals surface area (Å²) in [5, 5.41) is 0. The molecule has 1 aromatic carbocycles. The van der Waals surface area contributed by atoms with Crippen molar-refractivity contribution in [3.63, 3.8) is 0 Å². The normalized spacial score (nSPS) is 24.0. The minimum absolute atomic E-state index is 0.0236. The summed E-state index contributed by atoms with van der Waals surface area (Å²) in [6.07, 6.45) is -2.75. The van der Waals surface area contributed by atoms with Gasteiger partial charge < -0.3 is 9.64 Å². The van der Waals surface area contributed by atoms with Crippen molar-refractivity contribution < 1.29 is 31.1 Å². The molecule has 1 aromatic rings. The number of rotatable bonds is 2. The number of benzene rings is 1. The highest BCUT2D eigenvalue weighted by molar-refractivity contribution is 7.80. The zero-order chi connectivity index (χ0) is 19.6. The highest BCUT2D eigenvalue weighted by Gasteiger charge is 2.49. The molecule has 1 atom stereocenters. The van der Waals surface area contributed by atoms with E-state index in [0.29, 0.717) is 30.0 Å². The predicted octanol–water partition coefficient (Wildman–Crippen LogP) is 4.55. The van der Waals surface area contributed by atoms with Gasteiger partial charge in [-0.15, -0.1) is 12.6 Å². The molecule has 0 unspecified atom stereocenters. The number of thiol groups is 1. The first-order chi connectivity index (χ1) is 12.6. The number of allylic oxidation sites excluding steroid dienone is 2. The summed E-state index contributed by atoms with van der Waals surface area (Å²) in [6, 6.07) is 3.08. The first-order valence-corrected chi connectivity index (χ1v) is 8.39. The minimum Gasteiger partial charge on any atom is -0.431 e. The molecule has 1 aliphatic carbocycles. The van der Waals surface area contributed by atoms with Gasteiger partial charge in [-0.05, 0) is 36.1 Å². The third kappa shape index (κ3) is 2.90. The second-order valence-electron chi connectivity index (χ2n) is 6.49. The van der Waals surface area contributed by atoms with Crippen LogP contribution in [0.4, 0.5) is 26.3 Å². The van der Waals surface area contributed by atoms with Crippen LogP contribution in [-0.4, -0.2) is 30.1 Å². The number of alkyl halides is 5. The molecule has 3 nitrogen and oxygen atoms in total. The molecule has 3 aliphatic rings. The van der Waals surface area contributed by atoms with E-state index in [9.17, 15) is 26.3 Å². The molecule has 2 heterocycles. The van der Waals surface area contributed by atoms with Gasteiger partial charge in [-0.25, -0.2) is 4.39 Å². The molecule has 0 saturated carbocycles. The number of aliphatic imine (C=N–C) groups is 1. The molecule has 0 amide bonds. The average Bonchev–Trinajstić information content (AvgIpc) is 3.11. The zero-order valence-electron chi connectivity index (χ0n) is 13.5. The number of hydrogen-bond acceptors (Lipinski definition) is 4. The first kappa shape index (κ1) is 18.3. The Morgan fingerprint density at radius 2 is 2.00 bits per heavy atom. The number of hydrogen-bond donors (Lipinski definition) is 1. The van der Waals surface area contributed by atoms with E-state index in [1.54, 1.807) is 6.07 Å². The van der Waals surface area contributed by atoms with Crippen molar-refractivity contribution in [2.45, 2.75) is 36.1 Å². The van der Waals surface area contributed by atoms with E-state index in [4.69, 9.17) is 0 Å². The van der Waals surface area contributed by atoms with Gasteiger partial charge in [0.25, 0.3) is 0 Å². The summed E-state index contributed by atoms with van der Waals surface area (Å²) >= 11 is 4.04. The van der Waals surface area contributed by atoms with E-state index in [0.717, 1.165) is 11.1 Å². The molecule has 144 valence electrons. The number of halogens is 6. The molecule has 0 saturated heterocycles. The summed E-state index contributed by atoms with van der Waals surface area (Å²) in [7, 11) is 0. The van der Waals surface area contributed by atoms with Gasteiger partial charge in [0.15, 0.2) is 11.6 Å².